The Morgan fingerprint density at radius 2 is 1.65 bits per heavy atom. The molecule has 40 heavy (non-hydrogen) atoms. The van der Waals surface area contributed by atoms with Crippen molar-refractivity contribution in [1.29, 1.82) is 0 Å². The van der Waals surface area contributed by atoms with Gasteiger partial charge in [0.25, 0.3) is 0 Å². The Labute approximate surface area is 228 Å². The van der Waals surface area contributed by atoms with Crippen LogP contribution in [0.1, 0.15) is 41.7 Å². The molecule has 4 rings (SSSR count). The average Bonchev–Trinajstić information content (AvgIpc) is 2.93. The summed E-state index contributed by atoms with van der Waals surface area (Å²) in [6, 6.07) is 11.3. The predicted molar refractivity (Wildman–Crippen MR) is 143 cm³/mol. The monoisotopic (exact) mass is 557 g/mol. The number of alkyl halides is 1. The van der Waals surface area contributed by atoms with Crippen LogP contribution in [-0.2, 0) is 18.6 Å². The Morgan fingerprint density at radius 1 is 0.900 bits per heavy atom. The fraction of sp³-hybridized carbons (Fsp3) is 0.233. The highest BCUT2D eigenvalue weighted by Crippen LogP contribution is 2.43. The number of benzene rings is 3. The quantitative estimate of drug-likeness (QED) is 0.163. The van der Waals surface area contributed by atoms with Crippen molar-refractivity contribution in [2.24, 2.45) is 0 Å². The normalized spacial score (nSPS) is 12.6. The van der Waals surface area contributed by atoms with E-state index in [1.807, 2.05) is 25.1 Å². The fourth-order valence-electron chi connectivity index (χ4n) is 4.31. The van der Waals surface area contributed by atoms with Gasteiger partial charge in [-0.3, -0.25) is 0 Å². The van der Waals surface area contributed by atoms with Crippen LogP contribution in [0.4, 0.5) is 33.5 Å². The Kier molecular flexibility index (Phi) is 8.18. The molecule has 0 saturated heterocycles. The van der Waals surface area contributed by atoms with Gasteiger partial charge in [-0.1, -0.05) is 31.2 Å². The summed E-state index contributed by atoms with van der Waals surface area (Å²) in [5.41, 5.74) is 3.47. The summed E-state index contributed by atoms with van der Waals surface area (Å²) < 4.78 is 86.3. The van der Waals surface area contributed by atoms with Crippen molar-refractivity contribution in [1.82, 2.24) is 4.98 Å². The van der Waals surface area contributed by atoms with Gasteiger partial charge >= 0.3 is 0 Å². The maximum Gasteiger partial charge on any atom is 0.207 e. The Hall–Kier alpha value is -4.34. The van der Waals surface area contributed by atoms with E-state index in [-0.39, 0.29) is 12.4 Å². The maximum atomic E-state index is 16.0. The van der Waals surface area contributed by atoms with Crippen LogP contribution in [0.15, 0.2) is 54.7 Å². The molecular weight excluding hydrogens is 529 g/mol. The van der Waals surface area contributed by atoms with E-state index < -0.39 is 57.3 Å². The van der Waals surface area contributed by atoms with Crippen LogP contribution in [0, 0.1) is 30.2 Å². The van der Waals surface area contributed by atoms with Crippen LogP contribution in [0.3, 0.4) is 0 Å². The SMILES string of the molecule is CCc1ccc(CNc2nccc(Oc3cc(C(C)(F)c4ccc(C)cc4F)c(N)c(F)c3F)c2F)c(OC)c1. The number of hydrogen-bond donors (Lipinski definition) is 2. The molecule has 5 nitrogen and oxygen atoms in total. The summed E-state index contributed by atoms with van der Waals surface area (Å²) in [6.07, 6.45) is 2.01. The first-order chi connectivity index (χ1) is 19.0. The van der Waals surface area contributed by atoms with Gasteiger partial charge in [-0.25, -0.2) is 18.2 Å². The lowest BCUT2D eigenvalue weighted by atomic mass is 9.87. The number of anilines is 2. The van der Waals surface area contributed by atoms with E-state index >= 15 is 8.78 Å². The minimum Gasteiger partial charge on any atom is -0.496 e. The lowest BCUT2D eigenvalue weighted by Crippen LogP contribution is -2.22. The number of ether oxygens (including phenoxy) is 2. The highest BCUT2D eigenvalue weighted by molar-refractivity contribution is 5.59. The third-order valence-corrected chi connectivity index (χ3v) is 6.63. The summed E-state index contributed by atoms with van der Waals surface area (Å²) in [4.78, 5) is 3.96. The highest BCUT2D eigenvalue weighted by Gasteiger charge is 2.36. The maximum absolute atomic E-state index is 16.0. The third-order valence-electron chi connectivity index (χ3n) is 6.63. The van der Waals surface area contributed by atoms with Gasteiger partial charge < -0.3 is 20.5 Å². The molecule has 1 atom stereocenters. The van der Waals surface area contributed by atoms with E-state index in [2.05, 4.69) is 10.3 Å². The number of nitrogens with one attached hydrogen (secondary N) is 1. The van der Waals surface area contributed by atoms with E-state index in [1.165, 1.54) is 25.4 Å². The average molecular weight is 558 g/mol. The molecule has 0 fully saturated rings. The number of methoxy groups -OCH3 is 1. The molecule has 1 heterocycles. The molecular formula is C30H28F5N3O2. The molecule has 0 amide bonds. The third kappa shape index (κ3) is 5.52. The molecule has 1 aromatic heterocycles. The summed E-state index contributed by atoms with van der Waals surface area (Å²) in [5.74, 6) is -6.05. The van der Waals surface area contributed by atoms with Crippen molar-refractivity contribution < 1.29 is 31.4 Å². The molecule has 0 aliphatic rings. The molecule has 3 N–H and O–H groups in total. The van der Waals surface area contributed by atoms with Crippen LogP contribution < -0.4 is 20.5 Å². The number of aryl methyl sites for hydroxylation is 2. The van der Waals surface area contributed by atoms with Gasteiger partial charge in [-0.05, 0) is 49.6 Å². The van der Waals surface area contributed by atoms with Crippen molar-refractivity contribution in [2.45, 2.75) is 39.4 Å². The predicted octanol–water partition coefficient (Wildman–Crippen LogP) is 7.74. The number of halogens is 5. The van der Waals surface area contributed by atoms with E-state index in [0.29, 0.717) is 11.3 Å². The molecule has 0 radical (unpaired) electrons. The molecule has 3 aromatic carbocycles. The smallest absolute Gasteiger partial charge is 0.207 e. The molecule has 10 heteroatoms. The van der Waals surface area contributed by atoms with Crippen LogP contribution in [0.25, 0.3) is 0 Å². The first kappa shape index (κ1) is 28.7. The van der Waals surface area contributed by atoms with Crippen molar-refractivity contribution >= 4 is 11.5 Å². The lowest BCUT2D eigenvalue weighted by molar-refractivity contribution is 0.241. The number of aromatic nitrogens is 1. The Bertz CT molecular complexity index is 1560. The topological polar surface area (TPSA) is 69.4 Å². The zero-order chi connectivity index (χ0) is 29.2. The van der Waals surface area contributed by atoms with Gasteiger partial charge in [0.15, 0.2) is 28.8 Å². The molecule has 0 bridgehead atoms. The van der Waals surface area contributed by atoms with Gasteiger partial charge in [0.2, 0.25) is 11.6 Å². The van der Waals surface area contributed by atoms with Crippen molar-refractivity contribution in [2.75, 3.05) is 18.2 Å². The number of rotatable bonds is 9. The Balaban J connectivity index is 1.66. The second-order valence-electron chi connectivity index (χ2n) is 9.38. The van der Waals surface area contributed by atoms with Gasteiger partial charge in [0, 0.05) is 35.5 Å². The van der Waals surface area contributed by atoms with Crippen molar-refractivity contribution in [3.8, 4) is 17.2 Å². The second-order valence-corrected chi connectivity index (χ2v) is 9.38. The number of pyridine rings is 1. The van der Waals surface area contributed by atoms with Crippen LogP contribution in [0.5, 0.6) is 17.2 Å². The minimum atomic E-state index is -2.68. The fourth-order valence-corrected chi connectivity index (χ4v) is 4.31. The molecule has 210 valence electrons. The first-order valence-corrected chi connectivity index (χ1v) is 12.4. The summed E-state index contributed by atoms with van der Waals surface area (Å²) in [6.45, 7) is 4.72. The number of nitrogens with two attached hydrogens (primary N) is 1. The van der Waals surface area contributed by atoms with Gasteiger partial charge in [0.1, 0.15) is 11.6 Å². The first-order valence-electron chi connectivity index (χ1n) is 12.4. The molecule has 1 unspecified atom stereocenters. The summed E-state index contributed by atoms with van der Waals surface area (Å²) in [5, 5.41) is 2.84. The van der Waals surface area contributed by atoms with Crippen LogP contribution >= 0.6 is 0 Å². The van der Waals surface area contributed by atoms with E-state index in [1.54, 1.807) is 6.92 Å². The van der Waals surface area contributed by atoms with E-state index in [0.717, 1.165) is 42.7 Å². The molecule has 0 spiro atoms. The Morgan fingerprint density at radius 3 is 2.33 bits per heavy atom. The standard InChI is InChI=1S/C30H28F5N3O2/c1-5-17-7-8-18(23(13-17)39-4)15-38-29-26(33)22(10-11-37-29)40-24-14-20(28(36)27(34)25(24)32)30(3,35)19-9-6-16(2)12-21(19)31/h6-14H,5,15,36H2,1-4H3,(H,37,38). The van der Waals surface area contributed by atoms with Gasteiger partial charge in [-0.15, -0.1) is 0 Å². The largest absolute Gasteiger partial charge is 0.496 e. The molecule has 0 saturated carbocycles. The van der Waals surface area contributed by atoms with Gasteiger partial charge in [-0.2, -0.15) is 8.78 Å². The van der Waals surface area contributed by atoms with E-state index in [9.17, 15) is 13.2 Å². The second kappa shape index (κ2) is 11.4. The zero-order valence-corrected chi connectivity index (χ0v) is 22.3. The van der Waals surface area contributed by atoms with Crippen LogP contribution in [0.2, 0.25) is 0 Å². The van der Waals surface area contributed by atoms with E-state index in [4.69, 9.17) is 15.2 Å². The number of hydrogen-bond acceptors (Lipinski definition) is 5. The van der Waals surface area contributed by atoms with Gasteiger partial charge in [0.05, 0.1) is 12.8 Å². The highest BCUT2D eigenvalue weighted by atomic mass is 19.2. The minimum absolute atomic E-state index is 0.137. The van der Waals surface area contributed by atoms with Crippen molar-refractivity contribution in [3.63, 3.8) is 0 Å². The van der Waals surface area contributed by atoms with Crippen LogP contribution in [-0.4, -0.2) is 12.1 Å². The zero-order valence-electron chi connectivity index (χ0n) is 22.3. The number of nitrogen functional groups attached to an aromatic ring is 1. The number of nitrogens with zero attached hydrogens (tertiary/aromatic N) is 1. The molecule has 4 aromatic rings. The summed E-state index contributed by atoms with van der Waals surface area (Å²) in [7, 11) is 1.52. The van der Waals surface area contributed by atoms with Crippen molar-refractivity contribution in [3.05, 3.63) is 106 Å². The lowest BCUT2D eigenvalue weighted by Gasteiger charge is -2.25. The molecule has 0 aliphatic carbocycles. The summed E-state index contributed by atoms with van der Waals surface area (Å²) >= 11 is 0. The molecule has 0 aliphatic heterocycles.